The Hall–Kier alpha value is -3.09. The molecule has 128 valence electrons. The number of aromatic amines is 1. The average Bonchev–Trinajstić information content (AvgIpc) is 3.16. The zero-order valence-corrected chi connectivity index (χ0v) is 14.8. The number of nitrogens with one attached hydrogen (secondary N) is 1. The van der Waals surface area contributed by atoms with Crippen molar-refractivity contribution in [3.05, 3.63) is 45.8 Å². The highest BCUT2D eigenvalue weighted by molar-refractivity contribution is 5.96. The van der Waals surface area contributed by atoms with Crippen molar-refractivity contribution in [3.8, 4) is 22.4 Å². The van der Waals surface area contributed by atoms with Crippen LogP contribution >= 0.6 is 0 Å². The van der Waals surface area contributed by atoms with Crippen molar-refractivity contribution in [1.29, 1.82) is 0 Å². The summed E-state index contributed by atoms with van der Waals surface area (Å²) < 4.78 is 8.79. The van der Waals surface area contributed by atoms with E-state index in [0.717, 1.165) is 50.4 Å². The van der Waals surface area contributed by atoms with Crippen molar-refractivity contribution >= 4 is 11.0 Å². The molecule has 0 amide bonds. The molecule has 0 saturated carbocycles. The zero-order valence-electron chi connectivity index (χ0n) is 14.8. The van der Waals surface area contributed by atoms with Gasteiger partial charge >= 0.3 is 5.69 Å². The Morgan fingerprint density at radius 3 is 2.52 bits per heavy atom. The number of hydrogen-bond donors (Lipinski definition) is 1. The van der Waals surface area contributed by atoms with Gasteiger partial charge in [0.25, 0.3) is 0 Å². The van der Waals surface area contributed by atoms with Crippen molar-refractivity contribution < 1.29 is 4.52 Å². The summed E-state index contributed by atoms with van der Waals surface area (Å²) in [5, 5.41) is 8.40. The molecule has 0 aliphatic carbocycles. The van der Waals surface area contributed by atoms with Gasteiger partial charge in [-0.3, -0.25) is 9.25 Å². The molecule has 0 spiro atoms. The fraction of sp³-hybridized carbons (Fsp3) is 0.278. The third-order valence-corrected chi connectivity index (χ3v) is 4.69. The summed E-state index contributed by atoms with van der Waals surface area (Å²) in [6.45, 7) is 5.82. The van der Waals surface area contributed by atoms with E-state index >= 15 is 0 Å². The van der Waals surface area contributed by atoms with Crippen molar-refractivity contribution in [1.82, 2.24) is 24.5 Å². The molecule has 0 bridgehead atoms. The third-order valence-electron chi connectivity index (χ3n) is 4.69. The Morgan fingerprint density at radius 1 is 1.16 bits per heavy atom. The summed E-state index contributed by atoms with van der Waals surface area (Å²) >= 11 is 0. The molecule has 4 aromatic rings. The van der Waals surface area contributed by atoms with E-state index in [9.17, 15) is 4.79 Å². The van der Waals surface area contributed by atoms with Crippen LogP contribution in [-0.2, 0) is 14.1 Å². The number of imidazole rings is 1. The first-order valence-electron chi connectivity index (χ1n) is 8.03. The lowest BCUT2D eigenvalue weighted by Crippen LogP contribution is -2.12. The second-order valence-electron chi connectivity index (χ2n) is 6.41. The second kappa shape index (κ2) is 5.20. The maximum Gasteiger partial charge on any atom is 0.326 e. The van der Waals surface area contributed by atoms with Crippen LogP contribution in [0.15, 0.2) is 27.6 Å². The van der Waals surface area contributed by atoms with Gasteiger partial charge in [0.1, 0.15) is 5.76 Å². The van der Waals surface area contributed by atoms with Crippen molar-refractivity contribution in [2.75, 3.05) is 0 Å². The van der Waals surface area contributed by atoms with Gasteiger partial charge in [-0.25, -0.2) is 4.79 Å². The summed E-state index contributed by atoms with van der Waals surface area (Å²) in [6, 6.07) is 4.05. The molecular formula is C18H19N5O2. The van der Waals surface area contributed by atoms with E-state index in [-0.39, 0.29) is 5.69 Å². The van der Waals surface area contributed by atoms with Gasteiger partial charge in [0.15, 0.2) is 0 Å². The Bertz CT molecular complexity index is 1130. The van der Waals surface area contributed by atoms with Crippen LogP contribution in [0.3, 0.4) is 0 Å². The molecule has 3 aromatic heterocycles. The average molecular weight is 337 g/mol. The minimum atomic E-state index is -0.146. The molecule has 7 heteroatoms. The zero-order chi connectivity index (χ0) is 17.9. The number of aryl methyl sites for hydroxylation is 5. The molecule has 0 aliphatic rings. The van der Waals surface area contributed by atoms with Crippen LogP contribution in [-0.4, -0.2) is 24.5 Å². The van der Waals surface area contributed by atoms with Gasteiger partial charge in [-0.15, -0.1) is 0 Å². The number of H-pyrrole nitrogens is 1. The predicted molar refractivity (Wildman–Crippen MR) is 95.4 cm³/mol. The predicted octanol–water partition coefficient (Wildman–Crippen LogP) is 2.85. The largest absolute Gasteiger partial charge is 0.361 e. The van der Waals surface area contributed by atoms with Gasteiger partial charge in [0.2, 0.25) is 0 Å². The highest BCUT2D eigenvalue weighted by Gasteiger charge is 2.20. The molecule has 7 nitrogen and oxygen atoms in total. The fourth-order valence-electron chi connectivity index (χ4n) is 3.55. The standard InChI is InChI=1S/C18H19N5O2/c1-9-8-19-23(5)16(9)13-6-12(15-10(2)21-25-11(15)3)7-14-17(13)22(4)18(24)20-14/h6-8H,1-5H3,(H,20,24). The quantitative estimate of drug-likeness (QED) is 0.610. The van der Waals surface area contributed by atoms with Gasteiger partial charge in [0, 0.05) is 25.2 Å². The molecule has 25 heavy (non-hydrogen) atoms. The van der Waals surface area contributed by atoms with E-state index in [2.05, 4.69) is 21.3 Å². The highest BCUT2D eigenvalue weighted by Crippen LogP contribution is 2.36. The van der Waals surface area contributed by atoms with E-state index < -0.39 is 0 Å². The van der Waals surface area contributed by atoms with Crippen LogP contribution in [0, 0.1) is 20.8 Å². The van der Waals surface area contributed by atoms with Crippen LogP contribution in [0.4, 0.5) is 0 Å². The maximum atomic E-state index is 12.2. The Balaban J connectivity index is 2.15. The number of aromatic nitrogens is 5. The molecule has 0 unspecified atom stereocenters. The van der Waals surface area contributed by atoms with Crippen LogP contribution in [0.25, 0.3) is 33.4 Å². The number of nitrogens with zero attached hydrogens (tertiary/aromatic N) is 4. The van der Waals surface area contributed by atoms with E-state index in [1.54, 1.807) is 11.6 Å². The molecule has 0 saturated heterocycles. The van der Waals surface area contributed by atoms with Crippen molar-refractivity contribution in [2.24, 2.45) is 14.1 Å². The highest BCUT2D eigenvalue weighted by atomic mass is 16.5. The Morgan fingerprint density at radius 2 is 1.92 bits per heavy atom. The van der Waals surface area contributed by atoms with Crippen LogP contribution in [0.1, 0.15) is 17.0 Å². The normalized spacial score (nSPS) is 11.6. The lowest BCUT2D eigenvalue weighted by Gasteiger charge is -2.11. The summed E-state index contributed by atoms with van der Waals surface area (Å²) in [5.41, 5.74) is 7.20. The van der Waals surface area contributed by atoms with E-state index in [1.165, 1.54) is 0 Å². The van der Waals surface area contributed by atoms with Gasteiger partial charge in [-0.05, 0) is 44.0 Å². The molecule has 4 rings (SSSR count). The number of fused-ring (bicyclic) bond motifs is 1. The molecule has 1 N–H and O–H groups in total. The lowest BCUT2D eigenvalue weighted by molar-refractivity contribution is 0.393. The molecule has 0 aliphatic heterocycles. The summed E-state index contributed by atoms with van der Waals surface area (Å²) in [5.74, 6) is 0.753. The SMILES string of the molecule is Cc1cnn(C)c1-c1cc(-c2c(C)noc2C)cc2[nH]c(=O)n(C)c12. The smallest absolute Gasteiger partial charge is 0.326 e. The molecule has 1 aromatic carbocycles. The first kappa shape index (κ1) is 15.4. The summed E-state index contributed by atoms with van der Waals surface area (Å²) in [4.78, 5) is 15.2. The lowest BCUT2D eigenvalue weighted by atomic mass is 9.97. The van der Waals surface area contributed by atoms with Crippen molar-refractivity contribution in [2.45, 2.75) is 20.8 Å². The van der Waals surface area contributed by atoms with Crippen LogP contribution < -0.4 is 5.69 Å². The van der Waals surface area contributed by atoms with Gasteiger partial charge < -0.3 is 9.51 Å². The first-order chi connectivity index (χ1) is 11.9. The minimum absolute atomic E-state index is 0.146. The number of rotatable bonds is 2. The second-order valence-corrected chi connectivity index (χ2v) is 6.41. The van der Waals surface area contributed by atoms with Crippen molar-refractivity contribution in [3.63, 3.8) is 0 Å². The molecular weight excluding hydrogens is 318 g/mol. The molecule has 0 fully saturated rings. The topological polar surface area (TPSA) is 81.6 Å². The van der Waals surface area contributed by atoms with Gasteiger partial charge in [-0.1, -0.05) is 5.16 Å². The summed E-state index contributed by atoms with van der Waals surface area (Å²) in [6.07, 6.45) is 1.83. The van der Waals surface area contributed by atoms with E-state index in [0.29, 0.717) is 0 Å². The number of hydrogen-bond acceptors (Lipinski definition) is 4. The fourth-order valence-corrected chi connectivity index (χ4v) is 3.55. The van der Waals surface area contributed by atoms with Gasteiger partial charge in [-0.2, -0.15) is 5.10 Å². The number of benzene rings is 1. The molecule has 0 radical (unpaired) electrons. The van der Waals surface area contributed by atoms with Gasteiger partial charge in [0.05, 0.1) is 28.6 Å². The maximum absolute atomic E-state index is 12.2. The molecule has 3 heterocycles. The van der Waals surface area contributed by atoms with E-state index in [4.69, 9.17) is 4.52 Å². The van der Waals surface area contributed by atoms with E-state index in [1.807, 2.05) is 44.8 Å². The Labute approximate surface area is 143 Å². The Kier molecular flexibility index (Phi) is 3.21. The third kappa shape index (κ3) is 2.15. The minimum Gasteiger partial charge on any atom is -0.361 e. The van der Waals surface area contributed by atoms with Crippen LogP contribution in [0.5, 0.6) is 0 Å². The first-order valence-corrected chi connectivity index (χ1v) is 8.03. The summed E-state index contributed by atoms with van der Waals surface area (Å²) in [7, 11) is 3.67. The molecule has 0 atom stereocenters. The monoisotopic (exact) mass is 337 g/mol. The van der Waals surface area contributed by atoms with Crippen LogP contribution in [0.2, 0.25) is 0 Å².